The van der Waals surface area contributed by atoms with E-state index in [1.54, 1.807) is 0 Å². The first-order valence-electron chi connectivity index (χ1n) is 21.2. The number of allylic oxidation sites excluding steroid dienone is 2. The summed E-state index contributed by atoms with van der Waals surface area (Å²) in [7, 11) is 0. The molecule has 0 heterocycles. The fraction of sp³-hybridized carbons (Fsp3) is 0.773. The summed E-state index contributed by atoms with van der Waals surface area (Å²) in [6.45, 7) is 12.4. The first-order chi connectivity index (χ1) is 25.4. The molecule has 0 bridgehead atoms. The van der Waals surface area contributed by atoms with Crippen LogP contribution in [-0.4, -0.2) is 50.1 Å². The number of unbranched alkanes of at least 4 members (excludes halogenated alkanes) is 23. The number of ether oxygens (including phenoxy) is 2. The van der Waals surface area contributed by atoms with Crippen molar-refractivity contribution in [3.8, 4) is 0 Å². The zero-order chi connectivity index (χ0) is 38.6. The fourth-order valence-electron chi connectivity index (χ4n) is 5.59. The minimum absolute atomic E-state index is 0.170. The van der Waals surface area contributed by atoms with Crippen LogP contribution in [0.1, 0.15) is 194 Å². The van der Waals surface area contributed by atoms with E-state index in [-0.39, 0.29) is 37.0 Å². The molecule has 0 saturated carbocycles. The lowest BCUT2D eigenvalue weighted by atomic mass is 10.0. The van der Waals surface area contributed by atoms with Gasteiger partial charge in [0.25, 0.3) is 0 Å². The van der Waals surface area contributed by atoms with Gasteiger partial charge in [0.1, 0.15) is 13.2 Å². The molecule has 0 spiro atoms. The molecule has 0 rings (SSSR count). The quantitative estimate of drug-likeness (QED) is 0.0285. The van der Waals surface area contributed by atoms with Crippen LogP contribution in [0.3, 0.4) is 0 Å². The number of nitrogens with one attached hydrogen (secondary N) is 2. The molecule has 8 nitrogen and oxygen atoms in total. The molecular weight excluding hydrogens is 652 g/mol. The fourth-order valence-corrected chi connectivity index (χ4v) is 5.59. The zero-order valence-corrected chi connectivity index (χ0v) is 33.8. The lowest BCUT2D eigenvalue weighted by Gasteiger charge is -2.05. The van der Waals surface area contributed by atoms with Gasteiger partial charge in [-0.1, -0.05) is 168 Å². The second-order valence-electron chi connectivity index (χ2n) is 13.8. The number of rotatable bonds is 37. The van der Waals surface area contributed by atoms with Gasteiger partial charge in [0.15, 0.2) is 0 Å². The van der Waals surface area contributed by atoms with E-state index in [1.807, 2.05) is 0 Å². The van der Waals surface area contributed by atoms with Crippen molar-refractivity contribution >= 4 is 23.8 Å². The van der Waals surface area contributed by atoms with Crippen molar-refractivity contribution in [1.29, 1.82) is 0 Å². The summed E-state index contributed by atoms with van der Waals surface area (Å²) in [6, 6.07) is 0. The summed E-state index contributed by atoms with van der Waals surface area (Å²) in [6.07, 6.45) is 41.1. The average molecular weight is 733 g/mol. The standard InChI is InChI=1S/C23H41NO3.C21H39NO3/c1-3-5-6-7-8-9-10-11-12-13-14-15-16-17-18-19-23(26)27-21-20-24-22(25)4-2;1-3-5-6-7-8-9-10-11-12-13-14-15-16-17-21(24)25-19-18-22-20(23)4-2/h4,11-12H,2-3,5-10,13-21H2,1H3,(H,24,25);4H,2-3,5-19H2,1H3,(H,22,23)/b12-11-;. The first-order valence-corrected chi connectivity index (χ1v) is 21.2. The summed E-state index contributed by atoms with van der Waals surface area (Å²) >= 11 is 0. The van der Waals surface area contributed by atoms with Crippen LogP contribution in [0.5, 0.6) is 0 Å². The maximum Gasteiger partial charge on any atom is 0.305 e. The summed E-state index contributed by atoms with van der Waals surface area (Å²) in [5, 5.41) is 5.14. The lowest BCUT2D eigenvalue weighted by molar-refractivity contribution is -0.144. The van der Waals surface area contributed by atoms with Crippen LogP contribution in [0.4, 0.5) is 0 Å². The van der Waals surface area contributed by atoms with Gasteiger partial charge in [-0.2, -0.15) is 0 Å². The van der Waals surface area contributed by atoms with E-state index in [1.165, 1.54) is 153 Å². The monoisotopic (exact) mass is 733 g/mol. The van der Waals surface area contributed by atoms with Crippen molar-refractivity contribution in [1.82, 2.24) is 10.6 Å². The molecule has 0 fully saturated rings. The number of carbonyl (C=O) groups is 4. The molecular formula is C44H80N2O6. The molecule has 0 aromatic heterocycles. The van der Waals surface area contributed by atoms with E-state index in [2.05, 4.69) is 49.8 Å². The Morgan fingerprint density at radius 2 is 0.731 bits per heavy atom. The molecule has 0 aromatic carbocycles. The van der Waals surface area contributed by atoms with Crippen molar-refractivity contribution in [2.24, 2.45) is 0 Å². The zero-order valence-electron chi connectivity index (χ0n) is 33.8. The highest BCUT2D eigenvalue weighted by Gasteiger charge is 2.04. The van der Waals surface area contributed by atoms with Crippen molar-refractivity contribution in [3.63, 3.8) is 0 Å². The molecule has 0 unspecified atom stereocenters. The Bertz CT molecular complexity index is 888. The van der Waals surface area contributed by atoms with Crippen LogP contribution >= 0.6 is 0 Å². The molecule has 0 aromatic rings. The van der Waals surface area contributed by atoms with Crippen LogP contribution in [-0.2, 0) is 28.7 Å². The van der Waals surface area contributed by atoms with Gasteiger partial charge < -0.3 is 20.1 Å². The van der Waals surface area contributed by atoms with Gasteiger partial charge in [-0.05, 0) is 50.7 Å². The van der Waals surface area contributed by atoms with Crippen LogP contribution < -0.4 is 10.6 Å². The predicted molar refractivity (Wildman–Crippen MR) is 218 cm³/mol. The summed E-state index contributed by atoms with van der Waals surface area (Å²) in [5.41, 5.74) is 0. The summed E-state index contributed by atoms with van der Waals surface area (Å²) in [5.74, 6) is -0.841. The molecule has 0 aliphatic heterocycles. The van der Waals surface area contributed by atoms with E-state index < -0.39 is 0 Å². The smallest absolute Gasteiger partial charge is 0.305 e. The van der Waals surface area contributed by atoms with Gasteiger partial charge in [0.2, 0.25) is 11.8 Å². The Morgan fingerprint density at radius 3 is 1.04 bits per heavy atom. The Kier molecular flexibility index (Phi) is 43.6. The van der Waals surface area contributed by atoms with Crippen molar-refractivity contribution in [2.45, 2.75) is 194 Å². The third-order valence-corrected chi connectivity index (χ3v) is 8.83. The molecule has 0 aliphatic rings. The highest BCUT2D eigenvalue weighted by atomic mass is 16.5. The maximum absolute atomic E-state index is 11.5. The number of esters is 2. The molecule has 0 radical (unpaired) electrons. The Morgan fingerprint density at radius 1 is 0.442 bits per heavy atom. The third-order valence-electron chi connectivity index (χ3n) is 8.83. The molecule has 302 valence electrons. The molecule has 52 heavy (non-hydrogen) atoms. The van der Waals surface area contributed by atoms with Gasteiger partial charge in [-0.15, -0.1) is 0 Å². The summed E-state index contributed by atoms with van der Waals surface area (Å²) < 4.78 is 10.1. The minimum atomic E-state index is -0.247. The highest BCUT2D eigenvalue weighted by molar-refractivity contribution is 5.87. The van der Waals surface area contributed by atoms with Gasteiger partial charge in [-0.25, -0.2) is 0 Å². The average Bonchev–Trinajstić information content (AvgIpc) is 3.15. The molecule has 2 amide bonds. The number of hydrogen-bond acceptors (Lipinski definition) is 6. The Labute approximate surface area is 319 Å². The number of carbonyl (C=O) groups excluding carboxylic acids is 4. The van der Waals surface area contributed by atoms with E-state index in [4.69, 9.17) is 9.47 Å². The van der Waals surface area contributed by atoms with Gasteiger partial charge in [0.05, 0.1) is 13.1 Å². The summed E-state index contributed by atoms with van der Waals surface area (Å²) in [4.78, 5) is 44.8. The molecule has 0 atom stereocenters. The van der Waals surface area contributed by atoms with E-state index in [0.717, 1.165) is 25.7 Å². The Hall–Kier alpha value is -2.90. The van der Waals surface area contributed by atoms with Crippen LogP contribution in [0.15, 0.2) is 37.5 Å². The Balaban J connectivity index is 0. The van der Waals surface area contributed by atoms with E-state index in [0.29, 0.717) is 25.9 Å². The van der Waals surface area contributed by atoms with E-state index >= 15 is 0 Å². The maximum atomic E-state index is 11.5. The van der Waals surface area contributed by atoms with Gasteiger partial charge in [0, 0.05) is 12.8 Å². The second-order valence-corrected chi connectivity index (χ2v) is 13.8. The molecule has 0 aliphatic carbocycles. The van der Waals surface area contributed by atoms with Crippen molar-refractivity contribution in [3.05, 3.63) is 37.5 Å². The van der Waals surface area contributed by atoms with Gasteiger partial charge in [-0.3, -0.25) is 19.2 Å². The molecule has 0 saturated heterocycles. The van der Waals surface area contributed by atoms with Gasteiger partial charge >= 0.3 is 11.9 Å². The lowest BCUT2D eigenvalue weighted by Crippen LogP contribution is -2.26. The number of amides is 2. The normalized spacial score (nSPS) is 10.7. The number of hydrogen-bond donors (Lipinski definition) is 2. The first kappa shape index (κ1) is 51.2. The minimum Gasteiger partial charge on any atom is -0.464 e. The van der Waals surface area contributed by atoms with Crippen LogP contribution in [0, 0.1) is 0 Å². The second kappa shape index (κ2) is 44.3. The van der Waals surface area contributed by atoms with Crippen molar-refractivity contribution < 1.29 is 28.7 Å². The third kappa shape index (κ3) is 45.1. The SMILES string of the molecule is C=CC(=O)NCCOC(=O)CCCCCCC/C=C\CCCCCCCC.C=CC(=O)NCCOC(=O)CCCCCCCCCCCCCCC. The largest absolute Gasteiger partial charge is 0.464 e. The molecule has 2 N–H and O–H groups in total. The predicted octanol–water partition coefficient (Wildman–Crippen LogP) is 11.2. The topological polar surface area (TPSA) is 111 Å². The molecule has 8 heteroatoms. The highest BCUT2D eigenvalue weighted by Crippen LogP contribution is 2.13. The van der Waals surface area contributed by atoms with Crippen molar-refractivity contribution in [2.75, 3.05) is 26.3 Å². The van der Waals surface area contributed by atoms with Crippen LogP contribution in [0.25, 0.3) is 0 Å². The van der Waals surface area contributed by atoms with E-state index in [9.17, 15) is 19.2 Å². The van der Waals surface area contributed by atoms with Crippen LogP contribution in [0.2, 0.25) is 0 Å².